The standard InChI is InChI=1S/C24H38N2O/c1-3-5-9-20(10-6-4-2)13-16-25-17-14-22(15-18-25)26-19-21-11-7-8-12-23(21)24(26)27/h7-8,11-12,19-20,22,27H,3-6,9-10,13-18H2,1-2H3. The minimum absolute atomic E-state index is 0.435. The van der Waals surface area contributed by atoms with Gasteiger partial charge in [-0.15, -0.1) is 0 Å². The van der Waals surface area contributed by atoms with E-state index < -0.39 is 0 Å². The first kappa shape index (κ1) is 20.3. The number of benzene rings is 1. The Labute approximate surface area is 165 Å². The lowest BCUT2D eigenvalue weighted by atomic mass is 9.92. The van der Waals surface area contributed by atoms with Crippen LogP contribution in [0.2, 0.25) is 0 Å². The van der Waals surface area contributed by atoms with Crippen LogP contribution in [0.1, 0.15) is 77.7 Å². The fourth-order valence-corrected chi connectivity index (χ4v) is 4.65. The molecule has 3 nitrogen and oxygen atoms in total. The van der Waals surface area contributed by atoms with Gasteiger partial charge < -0.3 is 14.6 Å². The maximum Gasteiger partial charge on any atom is 0.199 e. The lowest BCUT2D eigenvalue weighted by molar-refractivity contribution is 0.168. The van der Waals surface area contributed by atoms with Crippen molar-refractivity contribution in [2.75, 3.05) is 19.6 Å². The lowest BCUT2D eigenvalue weighted by Crippen LogP contribution is -2.35. The number of hydrogen-bond donors (Lipinski definition) is 1. The summed E-state index contributed by atoms with van der Waals surface area (Å²) in [5.74, 6) is 1.37. The molecule has 1 aromatic carbocycles. The van der Waals surface area contributed by atoms with Gasteiger partial charge in [0.1, 0.15) is 0 Å². The monoisotopic (exact) mass is 370 g/mol. The summed E-state index contributed by atoms with van der Waals surface area (Å²) in [4.78, 5) is 2.65. The van der Waals surface area contributed by atoms with Gasteiger partial charge in [0, 0.05) is 36.1 Å². The molecule has 0 amide bonds. The van der Waals surface area contributed by atoms with Crippen LogP contribution >= 0.6 is 0 Å². The molecule has 0 aliphatic carbocycles. The Balaban J connectivity index is 1.50. The summed E-state index contributed by atoms with van der Waals surface area (Å²) in [5.41, 5.74) is 0. The van der Waals surface area contributed by atoms with E-state index in [1.54, 1.807) is 0 Å². The fraction of sp³-hybridized carbons (Fsp3) is 0.667. The second-order valence-corrected chi connectivity index (χ2v) is 8.46. The highest BCUT2D eigenvalue weighted by atomic mass is 16.3. The van der Waals surface area contributed by atoms with Gasteiger partial charge in [-0.2, -0.15) is 0 Å². The van der Waals surface area contributed by atoms with Gasteiger partial charge >= 0.3 is 0 Å². The number of likely N-dealkylation sites (tertiary alicyclic amines) is 1. The van der Waals surface area contributed by atoms with E-state index >= 15 is 0 Å². The highest BCUT2D eigenvalue weighted by Crippen LogP contribution is 2.34. The van der Waals surface area contributed by atoms with E-state index in [4.69, 9.17) is 0 Å². The minimum Gasteiger partial charge on any atom is -0.494 e. The van der Waals surface area contributed by atoms with Crippen molar-refractivity contribution >= 4 is 10.8 Å². The largest absolute Gasteiger partial charge is 0.494 e. The van der Waals surface area contributed by atoms with Crippen LogP contribution in [0.4, 0.5) is 0 Å². The molecule has 1 fully saturated rings. The quantitative estimate of drug-likeness (QED) is 0.526. The van der Waals surface area contributed by atoms with Crippen LogP contribution in [0.5, 0.6) is 5.88 Å². The molecule has 0 spiro atoms. The second-order valence-electron chi connectivity index (χ2n) is 8.46. The predicted molar refractivity (Wildman–Crippen MR) is 115 cm³/mol. The Kier molecular flexibility index (Phi) is 7.63. The van der Waals surface area contributed by atoms with E-state index in [1.165, 1.54) is 51.5 Å². The van der Waals surface area contributed by atoms with Crippen LogP contribution in [0.3, 0.4) is 0 Å². The number of unbranched alkanes of at least 4 members (excludes halogenated alkanes) is 2. The number of hydrogen-bond acceptors (Lipinski definition) is 2. The molecule has 3 heteroatoms. The average molecular weight is 371 g/mol. The normalized spacial score (nSPS) is 16.6. The molecule has 2 aromatic rings. The Bertz CT molecular complexity index is 677. The molecule has 3 rings (SSSR count). The molecule has 2 heterocycles. The van der Waals surface area contributed by atoms with Crippen LogP contribution in [-0.2, 0) is 0 Å². The Morgan fingerprint density at radius 1 is 1.00 bits per heavy atom. The number of aromatic nitrogens is 1. The first-order chi connectivity index (χ1) is 13.2. The van der Waals surface area contributed by atoms with E-state index in [0.717, 1.165) is 42.6 Å². The zero-order valence-electron chi connectivity index (χ0n) is 17.4. The summed E-state index contributed by atoms with van der Waals surface area (Å²) in [6, 6.07) is 8.59. The molecule has 0 unspecified atom stereocenters. The topological polar surface area (TPSA) is 28.4 Å². The van der Waals surface area contributed by atoms with Gasteiger partial charge in [-0.05, 0) is 37.8 Å². The molecular weight excluding hydrogens is 332 g/mol. The number of aromatic hydroxyl groups is 1. The molecule has 1 N–H and O–H groups in total. The Morgan fingerprint density at radius 3 is 2.30 bits per heavy atom. The predicted octanol–water partition coefficient (Wildman–Crippen LogP) is 6.37. The highest BCUT2D eigenvalue weighted by molar-refractivity contribution is 5.87. The second kappa shape index (κ2) is 10.2. The third-order valence-electron chi connectivity index (χ3n) is 6.46. The molecule has 0 atom stereocenters. The van der Waals surface area contributed by atoms with Crippen molar-refractivity contribution in [3.05, 3.63) is 30.5 Å². The third kappa shape index (κ3) is 5.28. The number of nitrogens with zero attached hydrogens (tertiary/aromatic N) is 2. The first-order valence-electron chi connectivity index (χ1n) is 11.2. The van der Waals surface area contributed by atoms with Crippen molar-refractivity contribution in [2.24, 2.45) is 5.92 Å². The number of piperidine rings is 1. The van der Waals surface area contributed by atoms with Gasteiger partial charge in [-0.25, -0.2) is 0 Å². The SMILES string of the molecule is CCCCC(CCCC)CCN1CCC(n2cc3ccccc3c2O)CC1. The summed E-state index contributed by atoms with van der Waals surface area (Å²) >= 11 is 0. The third-order valence-corrected chi connectivity index (χ3v) is 6.46. The van der Waals surface area contributed by atoms with Gasteiger partial charge in [-0.1, -0.05) is 70.6 Å². The van der Waals surface area contributed by atoms with E-state index in [1.807, 2.05) is 18.2 Å². The average Bonchev–Trinajstić information content (AvgIpc) is 3.05. The molecule has 0 radical (unpaired) electrons. The van der Waals surface area contributed by atoms with Crippen LogP contribution in [0.15, 0.2) is 30.5 Å². The summed E-state index contributed by atoms with van der Waals surface area (Å²) in [7, 11) is 0. The molecule has 1 saturated heterocycles. The van der Waals surface area contributed by atoms with E-state index in [2.05, 4.69) is 35.6 Å². The number of rotatable bonds is 10. The van der Waals surface area contributed by atoms with Crippen LogP contribution < -0.4 is 0 Å². The van der Waals surface area contributed by atoms with Crippen LogP contribution in [0.25, 0.3) is 10.8 Å². The smallest absolute Gasteiger partial charge is 0.199 e. The molecule has 1 aromatic heterocycles. The Morgan fingerprint density at radius 2 is 1.67 bits per heavy atom. The summed E-state index contributed by atoms with van der Waals surface area (Å²) < 4.78 is 2.12. The summed E-state index contributed by atoms with van der Waals surface area (Å²) in [6.45, 7) is 8.19. The number of fused-ring (bicyclic) bond motifs is 1. The van der Waals surface area contributed by atoms with Crippen LogP contribution in [0, 0.1) is 5.92 Å². The molecule has 0 saturated carbocycles. The fourth-order valence-electron chi connectivity index (χ4n) is 4.65. The van der Waals surface area contributed by atoms with Gasteiger partial charge in [0.15, 0.2) is 5.88 Å². The molecule has 0 bridgehead atoms. The summed E-state index contributed by atoms with van der Waals surface area (Å²) in [5, 5.41) is 12.7. The Hall–Kier alpha value is -1.48. The zero-order chi connectivity index (χ0) is 19.1. The summed E-state index contributed by atoms with van der Waals surface area (Å²) in [6.07, 6.45) is 14.0. The minimum atomic E-state index is 0.435. The highest BCUT2D eigenvalue weighted by Gasteiger charge is 2.23. The molecule has 150 valence electrons. The lowest BCUT2D eigenvalue weighted by Gasteiger charge is -2.33. The first-order valence-corrected chi connectivity index (χ1v) is 11.2. The van der Waals surface area contributed by atoms with Crippen molar-refractivity contribution in [3.8, 4) is 5.88 Å². The maximum absolute atomic E-state index is 10.6. The van der Waals surface area contributed by atoms with E-state index in [0.29, 0.717) is 11.9 Å². The van der Waals surface area contributed by atoms with Crippen molar-refractivity contribution in [2.45, 2.75) is 77.7 Å². The van der Waals surface area contributed by atoms with Crippen molar-refractivity contribution in [1.29, 1.82) is 0 Å². The van der Waals surface area contributed by atoms with Gasteiger partial charge in [0.05, 0.1) is 0 Å². The van der Waals surface area contributed by atoms with Crippen molar-refractivity contribution in [3.63, 3.8) is 0 Å². The van der Waals surface area contributed by atoms with Crippen molar-refractivity contribution in [1.82, 2.24) is 9.47 Å². The van der Waals surface area contributed by atoms with E-state index in [9.17, 15) is 5.11 Å². The molecule has 1 aliphatic rings. The van der Waals surface area contributed by atoms with Crippen molar-refractivity contribution < 1.29 is 5.11 Å². The molecule has 1 aliphatic heterocycles. The maximum atomic E-state index is 10.6. The zero-order valence-corrected chi connectivity index (χ0v) is 17.4. The van der Waals surface area contributed by atoms with Gasteiger partial charge in [0.2, 0.25) is 0 Å². The van der Waals surface area contributed by atoms with Gasteiger partial charge in [-0.3, -0.25) is 0 Å². The van der Waals surface area contributed by atoms with Crippen LogP contribution in [-0.4, -0.2) is 34.2 Å². The molecular formula is C24H38N2O. The van der Waals surface area contributed by atoms with Gasteiger partial charge in [0.25, 0.3) is 0 Å². The van der Waals surface area contributed by atoms with E-state index in [-0.39, 0.29) is 0 Å². The molecule has 27 heavy (non-hydrogen) atoms.